The number of esters is 1. The first-order valence-electron chi connectivity index (χ1n) is 5.64. The molecule has 1 atom stereocenters. The fraction of sp³-hybridized carbons (Fsp3) is 0.462. The Labute approximate surface area is 102 Å². The molecule has 0 spiro atoms. The summed E-state index contributed by atoms with van der Waals surface area (Å²) in [6.07, 6.45) is 6.97. The highest BCUT2D eigenvalue weighted by atomic mass is 16.5. The second kappa shape index (κ2) is 6.77. The van der Waals surface area contributed by atoms with E-state index in [1.807, 2.05) is 6.07 Å². The van der Waals surface area contributed by atoms with Crippen molar-refractivity contribution in [2.24, 2.45) is 0 Å². The average Bonchev–Trinajstić information content (AvgIpc) is 2.82. The number of carbonyl (C=O) groups excluding carboxylic acids is 1. The molecule has 0 aliphatic rings. The lowest BCUT2D eigenvalue weighted by atomic mass is 10.1. The summed E-state index contributed by atoms with van der Waals surface area (Å²) in [5.41, 5.74) is 1.41. The minimum Gasteiger partial charge on any atom is -0.464 e. The number of H-pyrrole nitrogens is 1. The molecule has 0 saturated carbocycles. The number of hydrogen-bond acceptors (Lipinski definition) is 3. The zero-order valence-electron chi connectivity index (χ0n) is 10.2. The Bertz CT molecular complexity index is 404. The van der Waals surface area contributed by atoms with E-state index in [1.54, 1.807) is 6.07 Å². The molecule has 0 fully saturated rings. The van der Waals surface area contributed by atoms with Crippen LogP contribution in [0.3, 0.4) is 0 Å². The van der Waals surface area contributed by atoms with E-state index in [2.05, 4.69) is 27.9 Å². The van der Waals surface area contributed by atoms with E-state index < -0.39 is 0 Å². The largest absolute Gasteiger partial charge is 0.464 e. The van der Waals surface area contributed by atoms with Gasteiger partial charge in [0, 0.05) is 24.7 Å². The molecule has 0 bridgehead atoms. The van der Waals surface area contributed by atoms with E-state index in [0.717, 1.165) is 12.1 Å². The molecule has 0 radical (unpaired) electrons. The van der Waals surface area contributed by atoms with Crippen LogP contribution in [-0.2, 0) is 11.3 Å². The Kier molecular flexibility index (Phi) is 5.31. The number of terminal acetylenes is 1. The van der Waals surface area contributed by atoms with E-state index >= 15 is 0 Å². The zero-order chi connectivity index (χ0) is 12.7. The molecule has 17 heavy (non-hydrogen) atoms. The van der Waals surface area contributed by atoms with Crippen molar-refractivity contribution in [1.29, 1.82) is 0 Å². The molecule has 2 N–H and O–H groups in total. The molecule has 0 amide bonds. The van der Waals surface area contributed by atoms with Crippen LogP contribution in [0.2, 0.25) is 0 Å². The van der Waals surface area contributed by atoms with Gasteiger partial charge in [-0.3, -0.25) is 0 Å². The molecular formula is C13H18N2O2. The van der Waals surface area contributed by atoms with Crippen LogP contribution in [0, 0.1) is 12.3 Å². The maximum absolute atomic E-state index is 11.2. The van der Waals surface area contributed by atoms with Gasteiger partial charge in [-0.2, -0.15) is 0 Å². The minimum atomic E-state index is -0.355. The van der Waals surface area contributed by atoms with Gasteiger partial charge in [0.05, 0.1) is 7.11 Å². The second-order valence-electron chi connectivity index (χ2n) is 3.78. The molecule has 1 unspecified atom stereocenters. The van der Waals surface area contributed by atoms with Crippen LogP contribution in [0.5, 0.6) is 0 Å². The highest BCUT2D eigenvalue weighted by Crippen LogP contribution is 2.05. The molecule has 0 aliphatic heterocycles. The lowest BCUT2D eigenvalue weighted by molar-refractivity contribution is 0.0594. The third kappa shape index (κ3) is 3.97. The number of methoxy groups -OCH3 is 1. The number of carbonyl (C=O) groups is 1. The zero-order valence-corrected chi connectivity index (χ0v) is 10.2. The summed E-state index contributed by atoms with van der Waals surface area (Å²) in [6.45, 7) is 2.75. The molecule has 4 nitrogen and oxygen atoms in total. The first kappa shape index (κ1) is 13.3. The lowest BCUT2D eigenvalue weighted by Crippen LogP contribution is -2.27. The Morgan fingerprint density at radius 1 is 1.65 bits per heavy atom. The summed E-state index contributed by atoms with van der Waals surface area (Å²) in [5, 5.41) is 3.33. The Morgan fingerprint density at radius 2 is 2.41 bits per heavy atom. The molecular weight excluding hydrogens is 216 g/mol. The van der Waals surface area contributed by atoms with Crippen LogP contribution in [0.4, 0.5) is 0 Å². The Morgan fingerprint density at radius 3 is 3.00 bits per heavy atom. The van der Waals surface area contributed by atoms with Gasteiger partial charge in [-0.25, -0.2) is 4.79 Å². The van der Waals surface area contributed by atoms with Gasteiger partial charge in [0.2, 0.25) is 0 Å². The van der Waals surface area contributed by atoms with Crippen molar-refractivity contribution in [2.75, 3.05) is 7.11 Å². The lowest BCUT2D eigenvalue weighted by Gasteiger charge is -2.13. The monoisotopic (exact) mass is 234 g/mol. The first-order chi connectivity index (χ1) is 8.21. The number of nitrogens with one attached hydrogen (secondary N) is 2. The van der Waals surface area contributed by atoms with E-state index in [0.29, 0.717) is 24.7 Å². The molecule has 1 heterocycles. The second-order valence-corrected chi connectivity index (χ2v) is 3.78. The van der Waals surface area contributed by atoms with Crippen LogP contribution in [0.15, 0.2) is 12.1 Å². The summed E-state index contributed by atoms with van der Waals surface area (Å²) < 4.78 is 4.62. The van der Waals surface area contributed by atoms with Gasteiger partial charge in [-0.15, -0.1) is 12.3 Å². The predicted octanol–water partition coefficient (Wildman–Crippen LogP) is 1.69. The molecule has 0 aromatic carbocycles. The van der Waals surface area contributed by atoms with Gasteiger partial charge < -0.3 is 15.0 Å². The molecule has 1 rings (SSSR count). The summed E-state index contributed by atoms with van der Waals surface area (Å²) >= 11 is 0. The first-order valence-corrected chi connectivity index (χ1v) is 5.64. The molecule has 1 aromatic rings. The van der Waals surface area contributed by atoms with Crippen LogP contribution in [-0.4, -0.2) is 24.1 Å². The highest BCUT2D eigenvalue weighted by Gasteiger charge is 2.09. The van der Waals surface area contributed by atoms with E-state index in [1.165, 1.54) is 7.11 Å². The maximum atomic E-state index is 11.2. The molecule has 0 saturated heterocycles. The quantitative estimate of drug-likeness (QED) is 0.582. The Hall–Kier alpha value is -1.73. The fourth-order valence-corrected chi connectivity index (χ4v) is 1.53. The van der Waals surface area contributed by atoms with Crippen LogP contribution in [0.25, 0.3) is 0 Å². The van der Waals surface area contributed by atoms with Crippen LogP contribution in [0.1, 0.15) is 35.9 Å². The molecule has 1 aromatic heterocycles. The SMILES string of the molecule is C#CCC(CC)NCc1ccc(C(=O)OC)[nH]1. The van der Waals surface area contributed by atoms with Crippen molar-refractivity contribution < 1.29 is 9.53 Å². The minimum absolute atomic E-state index is 0.310. The predicted molar refractivity (Wildman–Crippen MR) is 66.5 cm³/mol. The van der Waals surface area contributed by atoms with Crippen molar-refractivity contribution in [2.45, 2.75) is 32.4 Å². The number of aromatic amines is 1. The van der Waals surface area contributed by atoms with Gasteiger partial charge in [0.1, 0.15) is 5.69 Å². The highest BCUT2D eigenvalue weighted by molar-refractivity contribution is 5.87. The maximum Gasteiger partial charge on any atom is 0.354 e. The third-order valence-electron chi connectivity index (χ3n) is 2.59. The smallest absolute Gasteiger partial charge is 0.354 e. The number of rotatable bonds is 6. The third-order valence-corrected chi connectivity index (χ3v) is 2.59. The Balaban J connectivity index is 2.49. The van der Waals surface area contributed by atoms with Crippen molar-refractivity contribution in [3.8, 4) is 12.3 Å². The fourth-order valence-electron chi connectivity index (χ4n) is 1.53. The van der Waals surface area contributed by atoms with Crippen molar-refractivity contribution in [3.05, 3.63) is 23.5 Å². The topological polar surface area (TPSA) is 54.1 Å². The standard InChI is InChI=1S/C13H18N2O2/c1-4-6-10(5-2)14-9-11-7-8-12(15-11)13(16)17-3/h1,7-8,10,14-15H,5-6,9H2,2-3H3. The molecule has 4 heteroatoms. The van der Waals surface area contributed by atoms with Gasteiger partial charge in [-0.1, -0.05) is 6.92 Å². The van der Waals surface area contributed by atoms with Crippen LogP contribution >= 0.6 is 0 Å². The van der Waals surface area contributed by atoms with E-state index in [-0.39, 0.29) is 5.97 Å². The molecule has 92 valence electrons. The van der Waals surface area contributed by atoms with E-state index in [9.17, 15) is 4.79 Å². The van der Waals surface area contributed by atoms with Gasteiger partial charge in [0.25, 0.3) is 0 Å². The van der Waals surface area contributed by atoms with Crippen molar-refractivity contribution >= 4 is 5.97 Å². The number of aromatic nitrogens is 1. The van der Waals surface area contributed by atoms with Crippen LogP contribution < -0.4 is 5.32 Å². The van der Waals surface area contributed by atoms with Crippen molar-refractivity contribution in [3.63, 3.8) is 0 Å². The normalized spacial score (nSPS) is 11.8. The van der Waals surface area contributed by atoms with E-state index in [4.69, 9.17) is 6.42 Å². The summed E-state index contributed by atoms with van der Waals surface area (Å²) in [5.74, 6) is 2.29. The number of ether oxygens (including phenoxy) is 1. The summed E-state index contributed by atoms with van der Waals surface area (Å²) in [7, 11) is 1.36. The number of hydrogen-bond donors (Lipinski definition) is 2. The van der Waals surface area contributed by atoms with Gasteiger partial charge in [-0.05, 0) is 18.6 Å². The van der Waals surface area contributed by atoms with Gasteiger partial charge >= 0.3 is 5.97 Å². The molecule has 0 aliphatic carbocycles. The van der Waals surface area contributed by atoms with Gasteiger partial charge in [0.15, 0.2) is 0 Å². The summed E-state index contributed by atoms with van der Waals surface area (Å²) in [4.78, 5) is 14.2. The van der Waals surface area contributed by atoms with Crippen molar-refractivity contribution in [1.82, 2.24) is 10.3 Å². The average molecular weight is 234 g/mol. The summed E-state index contributed by atoms with van der Waals surface area (Å²) in [6, 6.07) is 3.89.